The number of hydrogen-bond donors (Lipinski definition) is 2. The SMILES string of the molecule is CC(C)(C)S(=O)NC(CO)c1ccc(Cl)s1. The Bertz CT molecular complexity index is 373. The molecule has 0 amide bonds. The first-order valence-corrected chi connectivity index (χ1v) is 7.23. The van der Waals surface area contributed by atoms with Gasteiger partial charge in [-0.2, -0.15) is 0 Å². The zero-order valence-electron chi connectivity index (χ0n) is 9.49. The summed E-state index contributed by atoms with van der Waals surface area (Å²) in [6.07, 6.45) is 0. The van der Waals surface area contributed by atoms with Crippen molar-refractivity contribution in [2.45, 2.75) is 31.6 Å². The summed E-state index contributed by atoms with van der Waals surface area (Å²) in [6.45, 7) is 5.54. The topological polar surface area (TPSA) is 49.3 Å². The number of hydrogen-bond acceptors (Lipinski definition) is 3. The van der Waals surface area contributed by atoms with E-state index in [-0.39, 0.29) is 17.4 Å². The van der Waals surface area contributed by atoms with Crippen LogP contribution in [0.5, 0.6) is 0 Å². The summed E-state index contributed by atoms with van der Waals surface area (Å²) in [4.78, 5) is 0.894. The molecule has 3 nitrogen and oxygen atoms in total. The Morgan fingerprint density at radius 3 is 2.56 bits per heavy atom. The number of rotatable bonds is 4. The number of halogens is 1. The molecule has 0 spiro atoms. The molecule has 1 heterocycles. The van der Waals surface area contributed by atoms with Crippen LogP contribution < -0.4 is 4.72 Å². The van der Waals surface area contributed by atoms with Gasteiger partial charge in [0.05, 0.1) is 32.7 Å². The fourth-order valence-corrected chi connectivity index (χ4v) is 3.00. The quantitative estimate of drug-likeness (QED) is 0.891. The Morgan fingerprint density at radius 1 is 1.56 bits per heavy atom. The van der Waals surface area contributed by atoms with Gasteiger partial charge in [0.1, 0.15) is 0 Å². The lowest BCUT2D eigenvalue weighted by molar-refractivity contribution is 0.261. The van der Waals surface area contributed by atoms with Crippen LogP contribution in [0.3, 0.4) is 0 Å². The minimum atomic E-state index is -1.20. The van der Waals surface area contributed by atoms with Crippen molar-refractivity contribution in [2.24, 2.45) is 0 Å². The van der Waals surface area contributed by atoms with Crippen LogP contribution in [0.15, 0.2) is 12.1 Å². The lowest BCUT2D eigenvalue weighted by atomic mass is 10.3. The van der Waals surface area contributed by atoms with Gasteiger partial charge in [-0.1, -0.05) is 11.6 Å². The van der Waals surface area contributed by atoms with E-state index in [9.17, 15) is 9.32 Å². The largest absolute Gasteiger partial charge is 0.394 e. The average molecular weight is 282 g/mol. The Morgan fingerprint density at radius 2 is 2.19 bits per heavy atom. The summed E-state index contributed by atoms with van der Waals surface area (Å²) in [7, 11) is -1.20. The minimum absolute atomic E-state index is 0.0985. The van der Waals surface area contributed by atoms with Crippen molar-refractivity contribution < 1.29 is 9.32 Å². The van der Waals surface area contributed by atoms with Crippen molar-refractivity contribution in [1.82, 2.24) is 4.72 Å². The first-order chi connectivity index (χ1) is 7.34. The van der Waals surface area contributed by atoms with Gasteiger partial charge in [0.15, 0.2) is 0 Å². The van der Waals surface area contributed by atoms with Crippen molar-refractivity contribution in [1.29, 1.82) is 0 Å². The van der Waals surface area contributed by atoms with Gasteiger partial charge in [0, 0.05) is 4.88 Å². The average Bonchev–Trinajstić information content (AvgIpc) is 2.59. The maximum Gasteiger partial charge on any atom is 0.0977 e. The van der Waals surface area contributed by atoms with Gasteiger partial charge in [-0.3, -0.25) is 0 Å². The Kier molecular flexibility index (Phi) is 4.94. The fourth-order valence-electron chi connectivity index (χ4n) is 1.01. The molecular formula is C10H16ClNO2S2. The molecule has 1 aromatic rings. The molecule has 2 unspecified atom stereocenters. The highest BCUT2D eigenvalue weighted by Gasteiger charge is 2.23. The highest BCUT2D eigenvalue weighted by Crippen LogP contribution is 2.27. The molecule has 16 heavy (non-hydrogen) atoms. The monoisotopic (exact) mass is 281 g/mol. The van der Waals surface area contributed by atoms with Gasteiger partial charge in [0.25, 0.3) is 0 Å². The number of aliphatic hydroxyl groups is 1. The van der Waals surface area contributed by atoms with Crippen molar-refractivity contribution in [2.75, 3.05) is 6.61 Å². The molecule has 0 radical (unpaired) electrons. The van der Waals surface area contributed by atoms with Crippen molar-refractivity contribution in [3.8, 4) is 0 Å². The lowest BCUT2D eigenvalue weighted by Gasteiger charge is -2.22. The molecule has 0 aliphatic carbocycles. The smallest absolute Gasteiger partial charge is 0.0977 e. The molecule has 0 bridgehead atoms. The van der Waals surface area contributed by atoms with Crippen LogP contribution in [0.4, 0.5) is 0 Å². The summed E-state index contributed by atoms with van der Waals surface area (Å²) in [5.74, 6) is 0. The van der Waals surface area contributed by atoms with E-state index in [2.05, 4.69) is 4.72 Å². The molecular weight excluding hydrogens is 266 g/mol. The molecule has 1 rings (SSSR count). The number of nitrogens with one attached hydrogen (secondary N) is 1. The molecule has 0 fully saturated rings. The van der Waals surface area contributed by atoms with Crippen molar-refractivity contribution >= 4 is 33.9 Å². The first-order valence-electron chi connectivity index (χ1n) is 4.88. The van der Waals surface area contributed by atoms with E-state index in [1.165, 1.54) is 11.3 Å². The minimum Gasteiger partial charge on any atom is -0.394 e. The third kappa shape index (κ3) is 3.82. The summed E-state index contributed by atoms with van der Waals surface area (Å²) >= 11 is 7.20. The second-order valence-electron chi connectivity index (χ2n) is 4.38. The second-order valence-corrected chi connectivity index (χ2v) is 8.12. The zero-order chi connectivity index (χ0) is 12.3. The molecule has 2 N–H and O–H groups in total. The van der Waals surface area contributed by atoms with Gasteiger partial charge in [0.2, 0.25) is 0 Å². The van der Waals surface area contributed by atoms with E-state index in [1.807, 2.05) is 26.8 Å². The predicted octanol–water partition coefficient (Wildman–Crippen LogP) is 2.49. The summed E-state index contributed by atoms with van der Waals surface area (Å²) in [6, 6.07) is 3.28. The Labute approximate surface area is 107 Å². The summed E-state index contributed by atoms with van der Waals surface area (Å²) < 4.78 is 15.1. The van der Waals surface area contributed by atoms with Crippen molar-refractivity contribution in [3.05, 3.63) is 21.3 Å². The molecule has 1 aromatic heterocycles. The molecule has 0 saturated heterocycles. The highest BCUT2D eigenvalue weighted by molar-refractivity contribution is 7.84. The molecule has 0 aliphatic rings. The molecule has 6 heteroatoms. The normalized spacial score (nSPS) is 16.1. The van der Waals surface area contributed by atoms with Gasteiger partial charge < -0.3 is 5.11 Å². The third-order valence-corrected chi connectivity index (χ3v) is 4.88. The van der Waals surface area contributed by atoms with E-state index in [1.54, 1.807) is 6.07 Å². The predicted molar refractivity (Wildman–Crippen MR) is 70.2 cm³/mol. The van der Waals surface area contributed by atoms with Crippen LogP contribution in [-0.4, -0.2) is 20.7 Å². The number of thiophene rings is 1. The van der Waals surface area contributed by atoms with Gasteiger partial charge in [-0.15, -0.1) is 11.3 Å². The van der Waals surface area contributed by atoms with Crippen molar-refractivity contribution in [3.63, 3.8) is 0 Å². The summed E-state index contributed by atoms with van der Waals surface area (Å²) in [5, 5.41) is 9.27. The maximum absolute atomic E-state index is 11.9. The Hall–Kier alpha value is 0.0600. The third-order valence-electron chi connectivity index (χ3n) is 1.93. The number of aliphatic hydroxyl groups excluding tert-OH is 1. The van der Waals surface area contributed by atoms with Gasteiger partial charge >= 0.3 is 0 Å². The van der Waals surface area contributed by atoms with Crippen LogP contribution >= 0.6 is 22.9 Å². The zero-order valence-corrected chi connectivity index (χ0v) is 11.9. The summed E-state index contributed by atoms with van der Waals surface area (Å²) in [5.41, 5.74) is 0. The van der Waals surface area contributed by atoms with Gasteiger partial charge in [-0.25, -0.2) is 8.93 Å². The fraction of sp³-hybridized carbons (Fsp3) is 0.600. The highest BCUT2D eigenvalue weighted by atomic mass is 35.5. The van der Waals surface area contributed by atoms with E-state index in [4.69, 9.17) is 11.6 Å². The second kappa shape index (κ2) is 5.60. The Balaban J connectivity index is 2.74. The molecule has 0 aromatic carbocycles. The maximum atomic E-state index is 11.9. The van der Waals surface area contributed by atoms with E-state index < -0.39 is 11.0 Å². The van der Waals surface area contributed by atoms with E-state index >= 15 is 0 Å². The van der Waals surface area contributed by atoms with Crippen LogP contribution in [0.1, 0.15) is 31.7 Å². The van der Waals surface area contributed by atoms with E-state index in [0.717, 1.165) is 4.88 Å². The van der Waals surface area contributed by atoms with Crippen LogP contribution in [0, 0.1) is 0 Å². The molecule has 92 valence electrons. The molecule has 2 atom stereocenters. The van der Waals surface area contributed by atoms with Crippen LogP contribution in [0.25, 0.3) is 0 Å². The molecule has 0 saturated carbocycles. The standard InChI is InChI=1S/C10H16ClNO2S2/c1-10(2,3)16(14)12-7(6-13)8-4-5-9(11)15-8/h4-5,7,12-13H,6H2,1-3H3. The van der Waals surface area contributed by atoms with Crippen LogP contribution in [-0.2, 0) is 11.0 Å². The molecule has 0 aliphatic heterocycles. The lowest BCUT2D eigenvalue weighted by Crippen LogP contribution is -2.36. The van der Waals surface area contributed by atoms with Crippen LogP contribution in [0.2, 0.25) is 4.34 Å². The first kappa shape index (κ1) is 14.1. The van der Waals surface area contributed by atoms with Gasteiger partial charge in [-0.05, 0) is 32.9 Å². The van der Waals surface area contributed by atoms with E-state index in [0.29, 0.717) is 4.34 Å².